The van der Waals surface area contributed by atoms with Crippen molar-refractivity contribution < 1.29 is 10.2 Å². The lowest BCUT2D eigenvalue weighted by Crippen LogP contribution is -2.04. The zero-order chi connectivity index (χ0) is 13.7. The van der Waals surface area contributed by atoms with E-state index >= 15 is 0 Å². The lowest BCUT2D eigenvalue weighted by atomic mass is 9.90. The molecule has 0 fully saturated rings. The van der Waals surface area contributed by atoms with Crippen LogP contribution in [0.1, 0.15) is 55.2 Å². The summed E-state index contributed by atoms with van der Waals surface area (Å²) >= 11 is 0. The molecule has 4 heteroatoms. The Morgan fingerprint density at radius 3 is 2.68 bits per heavy atom. The van der Waals surface area contributed by atoms with Gasteiger partial charge in [-0.15, -0.1) is 0 Å². The molecule has 0 aliphatic heterocycles. The van der Waals surface area contributed by atoms with Gasteiger partial charge in [-0.05, 0) is 12.0 Å². The zero-order valence-corrected chi connectivity index (χ0v) is 11.1. The monoisotopic (exact) mass is 260 g/mol. The van der Waals surface area contributed by atoms with Crippen LogP contribution in [0.15, 0.2) is 36.8 Å². The van der Waals surface area contributed by atoms with E-state index < -0.39 is 6.29 Å². The van der Waals surface area contributed by atoms with Gasteiger partial charge in [0.25, 0.3) is 0 Å². The predicted molar refractivity (Wildman–Crippen MR) is 73.6 cm³/mol. The molecule has 0 saturated heterocycles. The van der Waals surface area contributed by atoms with Crippen molar-refractivity contribution in [3.63, 3.8) is 0 Å². The second-order valence-electron chi connectivity index (χ2n) is 4.73. The quantitative estimate of drug-likeness (QED) is 0.699. The number of unbranched alkanes of at least 4 members (excludes halogenated alkanes) is 1. The molecule has 3 N–H and O–H groups in total. The van der Waals surface area contributed by atoms with E-state index in [1.165, 1.54) is 0 Å². The number of aromatic nitrogens is 2. The predicted octanol–water partition coefficient (Wildman–Crippen LogP) is 2.72. The number of aliphatic hydroxyl groups excluding tert-OH is 1. The summed E-state index contributed by atoms with van der Waals surface area (Å²) in [5.74, 6) is 0.199. The van der Waals surface area contributed by atoms with E-state index in [4.69, 9.17) is 0 Å². The van der Waals surface area contributed by atoms with Crippen LogP contribution >= 0.6 is 0 Å². The number of benzene rings is 1. The standard InChI is InChI=1S/C15H20N2O2/c1-2-3-7-13(14-9-16-10-17-14)11-5-4-6-12(8-11)15(18)19/h4-6,8-10,13,15,18-19H,2-3,7H2,1H3,(H,16,17). The Hall–Kier alpha value is -1.65. The van der Waals surface area contributed by atoms with E-state index in [1.54, 1.807) is 12.4 Å². The van der Waals surface area contributed by atoms with Gasteiger partial charge < -0.3 is 15.2 Å². The molecule has 2 aromatic rings. The molecular formula is C15H20N2O2. The van der Waals surface area contributed by atoms with Crippen molar-refractivity contribution >= 4 is 0 Å². The second-order valence-corrected chi connectivity index (χ2v) is 4.73. The highest BCUT2D eigenvalue weighted by Gasteiger charge is 2.16. The van der Waals surface area contributed by atoms with Crippen LogP contribution in [0.25, 0.3) is 0 Å². The number of imidazole rings is 1. The minimum atomic E-state index is -1.43. The highest BCUT2D eigenvalue weighted by Crippen LogP contribution is 2.29. The molecule has 102 valence electrons. The first kappa shape index (κ1) is 13.8. The fraction of sp³-hybridized carbons (Fsp3) is 0.400. The number of rotatable bonds is 6. The van der Waals surface area contributed by atoms with Gasteiger partial charge in [-0.25, -0.2) is 4.98 Å². The summed E-state index contributed by atoms with van der Waals surface area (Å²) in [6.45, 7) is 2.16. The minimum absolute atomic E-state index is 0.199. The maximum Gasteiger partial charge on any atom is 0.178 e. The molecule has 1 aromatic heterocycles. The molecule has 0 spiro atoms. The van der Waals surface area contributed by atoms with Crippen molar-refractivity contribution in [3.05, 3.63) is 53.6 Å². The van der Waals surface area contributed by atoms with Gasteiger partial charge in [0.1, 0.15) is 0 Å². The summed E-state index contributed by atoms with van der Waals surface area (Å²) < 4.78 is 0. The average Bonchev–Trinajstić information content (AvgIpc) is 2.93. The minimum Gasteiger partial charge on any atom is -0.364 e. The number of nitrogens with zero attached hydrogens (tertiary/aromatic N) is 1. The number of hydrogen-bond donors (Lipinski definition) is 3. The number of H-pyrrole nitrogens is 1. The average molecular weight is 260 g/mol. The van der Waals surface area contributed by atoms with Crippen molar-refractivity contribution in [1.82, 2.24) is 9.97 Å². The van der Waals surface area contributed by atoms with Crippen LogP contribution in [0.3, 0.4) is 0 Å². The van der Waals surface area contributed by atoms with E-state index in [2.05, 4.69) is 16.9 Å². The van der Waals surface area contributed by atoms with E-state index in [0.717, 1.165) is 30.5 Å². The van der Waals surface area contributed by atoms with Crippen LogP contribution in [0, 0.1) is 0 Å². The Morgan fingerprint density at radius 1 is 1.26 bits per heavy atom. The van der Waals surface area contributed by atoms with Crippen molar-refractivity contribution in [1.29, 1.82) is 0 Å². The van der Waals surface area contributed by atoms with Crippen molar-refractivity contribution in [2.45, 2.75) is 38.4 Å². The van der Waals surface area contributed by atoms with Gasteiger partial charge in [0, 0.05) is 17.7 Å². The first-order valence-electron chi connectivity index (χ1n) is 6.67. The highest BCUT2D eigenvalue weighted by atomic mass is 16.5. The molecule has 1 unspecified atom stereocenters. The third-order valence-corrected chi connectivity index (χ3v) is 3.33. The fourth-order valence-corrected chi connectivity index (χ4v) is 2.29. The Bertz CT molecular complexity index is 495. The van der Waals surface area contributed by atoms with E-state index in [0.29, 0.717) is 5.56 Å². The Morgan fingerprint density at radius 2 is 2.05 bits per heavy atom. The van der Waals surface area contributed by atoms with Gasteiger partial charge >= 0.3 is 0 Å². The van der Waals surface area contributed by atoms with Crippen LogP contribution in [0.5, 0.6) is 0 Å². The zero-order valence-electron chi connectivity index (χ0n) is 11.1. The molecule has 1 atom stereocenters. The number of hydrogen-bond acceptors (Lipinski definition) is 3. The number of nitrogens with one attached hydrogen (secondary N) is 1. The topological polar surface area (TPSA) is 69.1 Å². The summed E-state index contributed by atoms with van der Waals surface area (Å²) in [7, 11) is 0. The van der Waals surface area contributed by atoms with Crippen molar-refractivity contribution in [3.8, 4) is 0 Å². The summed E-state index contributed by atoms with van der Waals surface area (Å²) in [5, 5.41) is 18.5. The van der Waals surface area contributed by atoms with Crippen LogP contribution in [-0.2, 0) is 0 Å². The van der Waals surface area contributed by atoms with Gasteiger partial charge in [0.05, 0.1) is 12.0 Å². The van der Waals surface area contributed by atoms with Crippen molar-refractivity contribution in [2.24, 2.45) is 0 Å². The lowest BCUT2D eigenvalue weighted by molar-refractivity contribution is -0.0425. The Labute approximate surface area is 113 Å². The molecule has 0 radical (unpaired) electrons. The second kappa shape index (κ2) is 6.50. The molecule has 0 bridgehead atoms. The van der Waals surface area contributed by atoms with E-state index in [-0.39, 0.29) is 5.92 Å². The molecule has 1 heterocycles. The molecule has 0 aliphatic carbocycles. The van der Waals surface area contributed by atoms with E-state index in [1.807, 2.05) is 24.4 Å². The van der Waals surface area contributed by atoms with Gasteiger partial charge in [0.15, 0.2) is 6.29 Å². The molecule has 0 aliphatic rings. The summed E-state index contributed by atoms with van der Waals surface area (Å²) in [6.07, 6.45) is 5.41. The fourth-order valence-electron chi connectivity index (χ4n) is 2.29. The molecule has 19 heavy (non-hydrogen) atoms. The van der Waals surface area contributed by atoms with Crippen molar-refractivity contribution in [2.75, 3.05) is 0 Å². The third kappa shape index (κ3) is 3.43. The smallest absolute Gasteiger partial charge is 0.178 e. The van der Waals surface area contributed by atoms with Crippen LogP contribution < -0.4 is 0 Å². The van der Waals surface area contributed by atoms with Gasteiger partial charge in [-0.3, -0.25) is 0 Å². The summed E-state index contributed by atoms with van der Waals surface area (Å²) in [4.78, 5) is 7.32. The summed E-state index contributed by atoms with van der Waals surface area (Å²) in [5.41, 5.74) is 2.60. The molecule has 4 nitrogen and oxygen atoms in total. The van der Waals surface area contributed by atoms with E-state index in [9.17, 15) is 10.2 Å². The largest absolute Gasteiger partial charge is 0.364 e. The first-order valence-corrected chi connectivity index (χ1v) is 6.67. The van der Waals surface area contributed by atoms with Crippen LogP contribution in [0.2, 0.25) is 0 Å². The molecule has 0 saturated carbocycles. The number of aliphatic hydroxyl groups is 2. The Balaban J connectivity index is 2.29. The van der Waals surface area contributed by atoms with Gasteiger partial charge in [0.2, 0.25) is 0 Å². The molecular weight excluding hydrogens is 240 g/mol. The molecule has 2 rings (SSSR count). The van der Waals surface area contributed by atoms with Crippen LogP contribution in [-0.4, -0.2) is 20.2 Å². The lowest BCUT2D eigenvalue weighted by Gasteiger charge is -2.16. The normalized spacial score (nSPS) is 12.8. The number of aromatic amines is 1. The van der Waals surface area contributed by atoms with Gasteiger partial charge in [-0.2, -0.15) is 0 Å². The maximum atomic E-state index is 9.27. The Kier molecular flexibility index (Phi) is 4.71. The maximum absolute atomic E-state index is 9.27. The summed E-state index contributed by atoms with van der Waals surface area (Å²) in [6, 6.07) is 7.44. The third-order valence-electron chi connectivity index (χ3n) is 3.33. The SMILES string of the molecule is CCCCC(c1cccc(C(O)O)c1)c1c[nH]cn1. The first-order chi connectivity index (χ1) is 9.22. The molecule has 1 aromatic carbocycles. The molecule has 0 amide bonds. The van der Waals surface area contributed by atoms with Crippen LogP contribution in [0.4, 0.5) is 0 Å². The highest BCUT2D eigenvalue weighted by molar-refractivity contribution is 5.31. The van der Waals surface area contributed by atoms with Gasteiger partial charge in [-0.1, -0.05) is 44.0 Å².